The third kappa shape index (κ3) is 6.44. The summed E-state index contributed by atoms with van der Waals surface area (Å²) in [5.41, 5.74) is 5.33. The van der Waals surface area contributed by atoms with Crippen LogP contribution in [0.2, 0.25) is 0 Å². The van der Waals surface area contributed by atoms with Gasteiger partial charge in [0.15, 0.2) is 0 Å². The lowest BCUT2D eigenvalue weighted by molar-refractivity contribution is -0.118. The molecule has 48 heavy (non-hydrogen) atoms. The van der Waals surface area contributed by atoms with Gasteiger partial charge in [-0.05, 0) is 48.8 Å². The Bertz CT molecular complexity index is 1930. The van der Waals surface area contributed by atoms with Crippen LogP contribution in [0.3, 0.4) is 0 Å². The van der Waals surface area contributed by atoms with Crippen LogP contribution in [-0.2, 0) is 14.4 Å². The van der Waals surface area contributed by atoms with Crippen molar-refractivity contribution < 1.29 is 19.5 Å². The zero-order chi connectivity index (χ0) is 34.9. The number of rotatable bonds is 10. The van der Waals surface area contributed by atoms with Gasteiger partial charge >= 0.3 is 0 Å². The van der Waals surface area contributed by atoms with E-state index in [9.17, 15) is 19.5 Å². The third-order valence-electron chi connectivity index (χ3n) is 8.92. The van der Waals surface area contributed by atoms with Crippen molar-refractivity contribution in [3.8, 4) is 0 Å². The fourth-order valence-corrected chi connectivity index (χ4v) is 6.36. The molecular formula is C40H46N4O4. The van der Waals surface area contributed by atoms with Gasteiger partial charge in [-0.1, -0.05) is 76.2 Å². The molecule has 250 valence electrons. The zero-order valence-corrected chi connectivity index (χ0v) is 29.3. The number of hydrogen-bond donors (Lipinski definition) is 2. The number of aliphatic hydroxyl groups excluding tert-OH is 1. The Labute approximate surface area is 283 Å². The van der Waals surface area contributed by atoms with E-state index in [1.54, 1.807) is 0 Å². The summed E-state index contributed by atoms with van der Waals surface area (Å²) in [6.45, 7) is 13.4. The average molecular weight is 647 g/mol. The average Bonchev–Trinajstić information content (AvgIpc) is 3.04. The summed E-state index contributed by atoms with van der Waals surface area (Å²) in [6, 6.07) is 17.3. The number of nitrogens with zero attached hydrogens (tertiary/aromatic N) is 3. The molecule has 5 rings (SSSR count). The Hall–Kier alpha value is -4.98. The Balaban J connectivity index is 1.81. The Kier molecular flexibility index (Phi) is 10.0. The van der Waals surface area contributed by atoms with Crippen LogP contribution in [0.1, 0.15) is 71.1 Å². The molecule has 0 unspecified atom stereocenters. The molecule has 2 N–H and O–H groups in total. The molecule has 0 saturated heterocycles. The van der Waals surface area contributed by atoms with Crippen LogP contribution in [-0.4, -0.2) is 60.5 Å². The van der Waals surface area contributed by atoms with Gasteiger partial charge in [-0.3, -0.25) is 14.4 Å². The highest BCUT2D eigenvalue weighted by Gasteiger charge is 2.42. The molecule has 0 aliphatic heterocycles. The molecule has 0 saturated carbocycles. The van der Waals surface area contributed by atoms with Crippen molar-refractivity contribution in [1.29, 1.82) is 0 Å². The molecule has 0 radical (unpaired) electrons. The van der Waals surface area contributed by atoms with Gasteiger partial charge in [0, 0.05) is 73.5 Å². The van der Waals surface area contributed by atoms with E-state index in [0.717, 1.165) is 46.4 Å². The number of aliphatic imine (C=N–C) groups is 1. The van der Waals surface area contributed by atoms with Crippen LogP contribution in [0, 0.1) is 11.8 Å². The van der Waals surface area contributed by atoms with Gasteiger partial charge in [0.1, 0.15) is 5.76 Å². The molecule has 8 nitrogen and oxygen atoms in total. The van der Waals surface area contributed by atoms with Crippen molar-refractivity contribution >= 4 is 62.3 Å². The number of amides is 2. The molecule has 8 heteroatoms. The molecule has 0 fully saturated rings. The summed E-state index contributed by atoms with van der Waals surface area (Å²) in [5, 5.41) is 16.7. The number of anilines is 2. The first-order valence-electron chi connectivity index (χ1n) is 16.8. The maximum atomic E-state index is 14.5. The topological polar surface area (TPSA) is 102 Å². The van der Waals surface area contributed by atoms with E-state index >= 15 is 0 Å². The van der Waals surface area contributed by atoms with Crippen molar-refractivity contribution in [3.63, 3.8) is 0 Å². The smallest absolute Gasteiger partial charge is 0.246 e. The second kappa shape index (κ2) is 14.0. The van der Waals surface area contributed by atoms with Crippen molar-refractivity contribution in [2.75, 3.05) is 37.4 Å². The van der Waals surface area contributed by atoms with Crippen molar-refractivity contribution in [2.24, 2.45) is 16.8 Å². The molecule has 3 aromatic carbocycles. The van der Waals surface area contributed by atoms with E-state index < -0.39 is 0 Å². The number of hydrogen-bond acceptors (Lipinski definition) is 6. The third-order valence-corrected chi connectivity index (χ3v) is 8.92. The Morgan fingerprint density at radius 1 is 0.812 bits per heavy atom. The van der Waals surface area contributed by atoms with E-state index in [4.69, 9.17) is 0 Å². The summed E-state index contributed by atoms with van der Waals surface area (Å²) < 4.78 is 0. The quantitative estimate of drug-likeness (QED) is 0.217. The highest BCUT2D eigenvalue weighted by atomic mass is 16.3. The summed E-state index contributed by atoms with van der Waals surface area (Å²) in [6.07, 6.45) is 2.40. The SMILES string of the molecule is CCN(C)C1=CC(=NC(=O)CC(C)C)C(=C2C(=O)C(c3c(NC(=O)CC(C)C)cc(N(C)CC)c4ccccc34)=C2O)c2ccccc21. The largest absolute Gasteiger partial charge is 0.506 e. The van der Waals surface area contributed by atoms with E-state index in [0.29, 0.717) is 29.0 Å². The van der Waals surface area contributed by atoms with Gasteiger partial charge in [-0.25, -0.2) is 4.99 Å². The molecule has 2 aliphatic carbocycles. The van der Waals surface area contributed by atoms with Crippen LogP contribution in [0.15, 0.2) is 77.0 Å². The molecular weight excluding hydrogens is 600 g/mol. The summed E-state index contributed by atoms with van der Waals surface area (Å²) in [4.78, 5) is 49.5. The maximum absolute atomic E-state index is 14.5. The molecule has 0 heterocycles. The fraction of sp³-hybridized carbons (Fsp3) is 0.350. The standard InChI is InChI=1S/C40H46N4O4/c1-9-43(7)31-21-29(41-33(45)19-23(3)4)35(27-17-13-11-15-25(27)31)37-39(47)38(40(37)48)36-28-18-14-12-16-26(28)32(44(8)10-2)22-30(36)42-34(46)20-24(5)6/h11-18,21-24,47H,9-10,19-20H2,1-8H3,(H,41,45). The number of fused-ring (bicyclic) bond motifs is 2. The monoisotopic (exact) mass is 646 g/mol. The lowest BCUT2D eigenvalue weighted by atomic mass is 9.74. The van der Waals surface area contributed by atoms with Crippen LogP contribution in [0.4, 0.5) is 11.4 Å². The Morgan fingerprint density at radius 2 is 1.42 bits per heavy atom. The predicted octanol–water partition coefficient (Wildman–Crippen LogP) is 7.91. The number of Topliss-reactive ketones (excluding diaryl/α,β-unsaturated/α-hetero) is 1. The van der Waals surface area contributed by atoms with E-state index in [2.05, 4.69) is 20.1 Å². The lowest BCUT2D eigenvalue weighted by Crippen LogP contribution is -2.29. The number of carbonyl (C=O) groups excluding carboxylic acids is 3. The highest BCUT2D eigenvalue weighted by Crippen LogP contribution is 2.49. The lowest BCUT2D eigenvalue weighted by Gasteiger charge is -2.32. The summed E-state index contributed by atoms with van der Waals surface area (Å²) >= 11 is 0. The van der Waals surface area contributed by atoms with Crippen molar-refractivity contribution in [1.82, 2.24) is 4.90 Å². The first kappa shape index (κ1) is 34.4. The second-order valence-electron chi connectivity index (χ2n) is 13.4. The molecule has 0 atom stereocenters. The van der Waals surface area contributed by atoms with Gasteiger partial charge in [-0.2, -0.15) is 0 Å². The first-order chi connectivity index (χ1) is 22.9. The fourth-order valence-electron chi connectivity index (χ4n) is 6.36. The minimum atomic E-state index is -0.372. The molecule has 0 spiro atoms. The van der Waals surface area contributed by atoms with Gasteiger partial charge in [0.25, 0.3) is 0 Å². The van der Waals surface area contributed by atoms with E-state index in [1.165, 1.54) is 0 Å². The van der Waals surface area contributed by atoms with Gasteiger partial charge in [0.05, 0.1) is 22.5 Å². The molecule has 3 aromatic rings. The first-order valence-corrected chi connectivity index (χ1v) is 16.8. The minimum Gasteiger partial charge on any atom is -0.506 e. The number of allylic oxidation sites excluding steroid dienone is 4. The highest BCUT2D eigenvalue weighted by molar-refractivity contribution is 6.50. The van der Waals surface area contributed by atoms with Gasteiger partial charge in [-0.15, -0.1) is 0 Å². The molecule has 0 bridgehead atoms. The number of ketones is 1. The van der Waals surface area contributed by atoms with Crippen LogP contribution >= 0.6 is 0 Å². The molecule has 2 aliphatic rings. The summed E-state index contributed by atoms with van der Waals surface area (Å²) in [7, 11) is 3.95. The van der Waals surface area contributed by atoms with E-state index in [1.807, 2.05) is 116 Å². The van der Waals surface area contributed by atoms with Crippen molar-refractivity contribution in [2.45, 2.75) is 54.4 Å². The van der Waals surface area contributed by atoms with Gasteiger partial charge < -0.3 is 20.2 Å². The number of carbonyl (C=O) groups is 3. The van der Waals surface area contributed by atoms with Crippen molar-refractivity contribution in [3.05, 3.63) is 88.7 Å². The number of aliphatic hydroxyl groups is 1. The number of nitrogens with one attached hydrogen (secondary N) is 1. The Morgan fingerprint density at radius 3 is 2.02 bits per heavy atom. The van der Waals surface area contributed by atoms with Crippen LogP contribution in [0.25, 0.3) is 27.6 Å². The molecule has 2 amide bonds. The minimum absolute atomic E-state index is 0.105. The second-order valence-corrected chi connectivity index (χ2v) is 13.4. The summed E-state index contributed by atoms with van der Waals surface area (Å²) in [5.74, 6) is -0.784. The normalized spacial score (nSPS) is 16.8. The maximum Gasteiger partial charge on any atom is 0.246 e. The predicted molar refractivity (Wildman–Crippen MR) is 197 cm³/mol. The van der Waals surface area contributed by atoms with Crippen LogP contribution < -0.4 is 10.2 Å². The van der Waals surface area contributed by atoms with Gasteiger partial charge in [0.2, 0.25) is 17.6 Å². The van der Waals surface area contributed by atoms with Crippen LogP contribution in [0.5, 0.6) is 0 Å². The molecule has 0 aromatic heterocycles. The number of benzene rings is 3. The zero-order valence-electron chi connectivity index (χ0n) is 29.3. The van der Waals surface area contributed by atoms with E-state index in [-0.39, 0.29) is 52.8 Å².